The topological polar surface area (TPSA) is 71.4 Å². The number of hydrogen-bond acceptors (Lipinski definition) is 3. The van der Waals surface area contributed by atoms with Gasteiger partial charge in [-0.1, -0.05) is 25.1 Å². The zero-order chi connectivity index (χ0) is 15.2. The van der Waals surface area contributed by atoms with Crippen LogP contribution >= 0.6 is 0 Å². The van der Waals surface area contributed by atoms with E-state index in [1.807, 2.05) is 30.3 Å². The minimum Gasteiger partial charge on any atom is -0.496 e. The van der Waals surface area contributed by atoms with Gasteiger partial charge >= 0.3 is 0 Å². The molecule has 1 aromatic rings. The summed E-state index contributed by atoms with van der Waals surface area (Å²) in [5.41, 5.74) is 7.82. The maximum Gasteiger partial charge on any atom is 0.129 e. The van der Waals surface area contributed by atoms with Crippen molar-refractivity contribution in [3.8, 4) is 11.8 Å². The number of ether oxygens (including phenoxy) is 1. The number of allylic oxidation sites excluding steroid dienone is 1. The fourth-order valence-corrected chi connectivity index (χ4v) is 2.58. The van der Waals surface area contributed by atoms with Crippen LogP contribution in [-0.2, 0) is 0 Å². The molecule has 0 radical (unpaired) electrons. The van der Waals surface area contributed by atoms with E-state index in [4.69, 9.17) is 15.7 Å². The molecule has 1 aliphatic rings. The van der Waals surface area contributed by atoms with Gasteiger partial charge in [0, 0.05) is 5.57 Å². The van der Waals surface area contributed by atoms with E-state index in [2.05, 4.69) is 18.0 Å². The van der Waals surface area contributed by atoms with Crippen molar-refractivity contribution in [3.05, 3.63) is 41.5 Å². The smallest absolute Gasteiger partial charge is 0.129 e. The summed E-state index contributed by atoms with van der Waals surface area (Å²) in [6.07, 6.45) is 4.68. The fourth-order valence-electron chi connectivity index (χ4n) is 2.58. The standard InChI is InChI=1S/C17H21N3O/c1-12-7-9-14(10-8-13(12)11-18)20-17(19)15-5-3-4-6-16(15)21-2/h3-6,8,12,14H,7,9-10H2,1-2H3,(H2,19,20). The number of rotatable bonds is 3. The summed E-state index contributed by atoms with van der Waals surface area (Å²) in [5.74, 6) is 1.54. The molecule has 2 unspecified atom stereocenters. The molecule has 0 bridgehead atoms. The maximum absolute atomic E-state index is 9.11. The van der Waals surface area contributed by atoms with Crippen LogP contribution in [0.5, 0.6) is 5.75 Å². The Kier molecular flexibility index (Phi) is 4.99. The number of nitriles is 1. The van der Waals surface area contributed by atoms with Gasteiger partial charge in [0.1, 0.15) is 11.6 Å². The normalized spacial score (nSPS) is 22.9. The average Bonchev–Trinajstić information content (AvgIpc) is 2.69. The predicted octanol–water partition coefficient (Wildman–Crippen LogP) is 3.04. The third-order valence-corrected chi connectivity index (χ3v) is 3.91. The molecule has 21 heavy (non-hydrogen) atoms. The lowest BCUT2D eigenvalue weighted by Gasteiger charge is -2.12. The lowest BCUT2D eigenvalue weighted by molar-refractivity contribution is 0.414. The van der Waals surface area contributed by atoms with Crippen LogP contribution in [0, 0.1) is 17.2 Å². The number of nitrogens with zero attached hydrogens (tertiary/aromatic N) is 2. The summed E-state index contributed by atoms with van der Waals surface area (Å²) in [6.45, 7) is 2.09. The van der Waals surface area contributed by atoms with E-state index in [1.165, 1.54) is 0 Å². The first-order chi connectivity index (χ1) is 10.2. The first-order valence-electron chi connectivity index (χ1n) is 7.22. The van der Waals surface area contributed by atoms with Crippen LogP contribution in [0.2, 0.25) is 0 Å². The van der Waals surface area contributed by atoms with E-state index in [9.17, 15) is 0 Å². The molecule has 0 spiro atoms. The third-order valence-electron chi connectivity index (χ3n) is 3.91. The first-order valence-corrected chi connectivity index (χ1v) is 7.22. The Bertz CT molecular complexity index is 598. The highest BCUT2D eigenvalue weighted by atomic mass is 16.5. The monoisotopic (exact) mass is 283 g/mol. The summed E-state index contributed by atoms with van der Waals surface area (Å²) in [5, 5.41) is 9.11. The number of para-hydroxylation sites is 1. The maximum atomic E-state index is 9.11. The molecule has 1 aromatic carbocycles. The van der Waals surface area contributed by atoms with E-state index >= 15 is 0 Å². The fraction of sp³-hybridized carbons (Fsp3) is 0.412. The minimum atomic E-state index is 0.128. The number of methoxy groups -OCH3 is 1. The molecule has 2 rings (SSSR count). The number of benzene rings is 1. The van der Waals surface area contributed by atoms with Gasteiger partial charge < -0.3 is 10.5 Å². The van der Waals surface area contributed by atoms with Crippen molar-refractivity contribution in [2.45, 2.75) is 32.2 Å². The zero-order valence-electron chi connectivity index (χ0n) is 12.5. The van der Waals surface area contributed by atoms with E-state index < -0.39 is 0 Å². The van der Waals surface area contributed by atoms with Gasteiger partial charge in [0.2, 0.25) is 0 Å². The van der Waals surface area contributed by atoms with E-state index in [1.54, 1.807) is 7.11 Å². The van der Waals surface area contributed by atoms with Crippen LogP contribution in [0.1, 0.15) is 31.7 Å². The van der Waals surface area contributed by atoms with Gasteiger partial charge in [0.25, 0.3) is 0 Å². The molecule has 0 aromatic heterocycles. The highest BCUT2D eigenvalue weighted by Crippen LogP contribution is 2.25. The lowest BCUT2D eigenvalue weighted by atomic mass is 9.98. The highest BCUT2D eigenvalue weighted by molar-refractivity contribution is 6.00. The van der Waals surface area contributed by atoms with Crippen LogP contribution in [-0.4, -0.2) is 19.0 Å². The van der Waals surface area contributed by atoms with Gasteiger partial charge in [0.05, 0.1) is 24.8 Å². The Labute approximate surface area is 125 Å². The zero-order valence-corrected chi connectivity index (χ0v) is 12.5. The average molecular weight is 283 g/mol. The molecule has 4 heteroatoms. The quantitative estimate of drug-likeness (QED) is 0.684. The number of aliphatic imine (C=N–C) groups is 1. The molecule has 1 aliphatic carbocycles. The molecule has 0 fully saturated rings. The van der Waals surface area contributed by atoms with Crippen molar-refractivity contribution < 1.29 is 4.74 Å². The highest BCUT2D eigenvalue weighted by Gasteiger charge is 2.18. The first kappa shape index (κ1) is 15.1. The van der Waals surface area contributed by atoms with E-state index in [0.29, 0.717) is 11.8 Å². The second kappa shape index (κ2) is 6.94. The van der Waals surface area contributed by atoms with Gasteiger partial charge in [0.15, 0.2) is 0 Å². The van der Waals surface area contributed by atoms with Crippen LogP contribution in [0.15, 0.2) is 40.9 Å². The largest absolute Gasteiger partial charge is 0.496 e. The Morgan fingerprint density at radius 3 is 2.86 bits per heavy atom. The van der Waals surface area contributed by atoms with E-state index in [0.717, 1.165) is 36.1 Å². The summed E-state index contributed by atoms with van der Waals surface area (Å²) in [7, 11) is 1.63. The molecule has 4 nitrogen and oxygen atoms in total. The summed E-state index contributed by atoms with van der Waals surface area (Å²) in [6, 6.07) is 10.0. The SMILES string of the molecule is COc1ccccc1C(N)=NC1CC=C(C#N)C(C)CC1. The minimum absolute atomic E-state index is 0.128. The van der Waals surface area contributed by atoms with Crippen molar-refractivity contribution in [2.24, 2.45) is 16.6 Å². The molecule has 110 valence electrons. The predicted molar refractivity (Wildman–Crippen MR) is 84.2 cm³/mol. The Hall–Kier alpha value is -2.28. The Morgan fingerprint density at radius 2 is 2.14 bits per heavy atom. The third kappa shape index (κ3) is 3.63. The number of amidine groups is 1. The van der Waals surface area contributed by atoms with Crippen molar-refractivity contribution in [3.63, 3.8) is 0 Å². The Balaban J connectivity index is 2.20. The van der Waals surface area contributed by atoms with Gasteiger partial charge in [-0.2, -0.15) is 5.26 Å². The van der Waals surface area contributed by atoms with Crippen LogP contribution < -0.4 is 10.5 Å². The molecule has 0 amide bonds. The van der Waals surface area contributed by atoms with Crippen molar-refractivity contribution in [2.75, 3.05) is 7.11 Å². The van der Waals surface area contributed by atoms with E-state index in [-0.39, 0.29) is 6.04 Å². The summed E-state index contributed by atoms with van der Waals surface area (Å²) >= 11 is 0. The second-order valence-corrected chi connectivity index (χ2v) is 5.35. The van der Waals surface area contributed by atoms with Crippen LogP contribution in [0.3, 0.4) is 0 Å². The van der Waals surface area contributed by atoms with Gasteiger partial charge in [-0.05, 0) is 37.3 Å². The Morgan fingerprint density at radius 1 is 1.38 bits per heavy atom. The number of hydrogen-bond donors (Lipinski definition) is 1. The molecular formula is C17H21N3O. The molecule has 2 N–H and O–H groups in total. The van der Waals surface area contributed by atoms with Crippen LogP contribution in [0.4, 0.5) is 0 Å². The van der Waals surface area contributed by atoms with Crippen LogP contribution in [0.25, 0.3) is 0 Å². The molecule has 0 heterocycles. The lowest BCUT2D eigenvalue weighted by Crippen LogP contribution is -2.18. The molecule has 0 aliphatic heterocycles. The van der Waals surface area contributed by atoms with Gasteiger partial charge in [-0.15, -0.1) is 0 Å². The molecule has 0 saturated heterocycles. The van der Waals surface area contributed by atoms with Crippen molar-refractivity contribution in [1.29, 1.82) is 5.26 Å². The second-order valence-electron chi connectivity index (χ2n) is 5.35. The molecule has 0 saturated carbocycles. The van der Waals surface area contributed by atoms with Gasteiger partial charge in [-0.25, -0.2) is 0 Å². The van der Waals surface area contributed by atoms with Gasteiger partial charge in [-0.3, -0.25) is 4.99 Å². The van der Waals surface area contributed by atoms with Crippen molar-refractivity contribution in [1.82, 2.24) is 0 Å². The number of nitrogens with two attached hydrogens (primary N) is 1. The van der Waals surface area contributed by atoms with Crippen molar-refractivity contribution >= 4 is 5.84 Å². The summed E-state index contributed by atoms with van der Waals surface area (Å²) < 4.78 is 5.32. The molecule has 2 atom stereocenters. The summed E-state index contributed by atoms with van der Waals surface area (Å²) in [4.78, 5) is 4.64. The molecular weight excluding hydrogens is 262 g/mol.